The second-order valence-corrected chi connectivity index (χ2v) is 6.58. The van der Waals surface area contributed by atoms with Gasteiger partial charge in [-0.25, -0.2) is 4.39 Å². The van der Waals surface area contributed by atoms with Gasteiger partial charge in [-0.15, -0.1) is 0 Å². The third kappa shape index (κ3) is 5.03. The van der Waals surface area contributed by atoms with E-state index in [1.807, 2.05) is 31.2 Å². The average Bonchev–Trinajstić information content (AvgIpc) is 2.68. The fourth-order valence-corrected chi connectivity index (χ4v) is 2.75. The highest BCUT2D eigenvalue weighted by molar-refractivity contribution is 5.63. The molecule has 3 aromatic rings. The molecule has 1 heterocycles. The normalized spacial score (nSPS) is 10.8. The minimum Gasteiger partial charge on any atom is -0.331 e. The molecular weight excluding hydrogens is 357 g/mol. The maximum absolute atomic E-state index is 14.4. The predicted molar refractivity (Wildman–Crippen MR) is 110 cm³/mol. The Morgan fingerprint density at radius 1 is 1.18 bits per heavy atom. The van der Waals surface area contributed by atoms with E-state index in [-0.39, 0.29) is 5.82 Å². The molecule has 0 unspecified atom stereocenters. The van der Waals surface area contributed by atoms with Crippen LogP contribution in [0.3, 0.4) is 0 Å². The molecule has 0 aliphatic heterocycles. The van der Waals surface area contributed by atoms with Crippen LogP contribution in [-0.2, 0) is 6.54 Å². The fraction of sp³-hybridized carbons (Fsp3) is 0.238. The lowest BCUT2D eigenvalue weighted by Crippen LogP contribution is -2.18. The molecule has 0 amide bonds. The highest BCUT2D eigenvalue weighted by atomic mass is 19.1. The van der Waals surface area contributed by atoms with Crippen LogP contribution in [0.25, 0.3) is 11.1 Å². The van der Waals surface area contributed by atoms with Crippen molar-refractivity contribution < 1.29 is 4.39 Å². The zero-order chi connectivity index (χ0) is 19.9. The number of rotatable bonds is 8. The monoisotopic (exact) mass is 381 g/mol. The number of hydrogen-bond acceptors (Lipinski definition) is 5. The Morgan fingerprint density at radius 2 is 1.96 bits per heavy atom. The number of benzene rings is 2. The number of aromatic nitrogens is 2. The fourth-order valence-electron chi connectivity index (χ4n) is 2.75. The maximum Gasteiger partial charge on any atom is 0.282 e. The van der Waals surface area contributed by atoms with Gasteiger partial charge in [0.1, 0.15) is 5.82 Å². The molecule has 0 atom stereocenters. The van der Waals surface area contributed by atoms with Gasteiger partial charge in [0.05, 0.1) is 5.56 Å². The summed E-state index contributed by atoms with van der Waals surface area (Å²) < 4.78 is 14.4. The number of anilines is 2. The largest absolute Gasteiger partial charge is 0.331 e. The predicted octanol–water partition coefficient (Wildman–Crippen LogP) is 3.07. The zero-order valence-electron chi connectivity index (χ0n) is 15.8. The van der Waals surface area contributed by atoms with E-state index >= 15 is 0 Å². The van der Waals surface area contributed by atoms with Gasteiger partial charge in [0.25, 0.3) is 5.56 Å². The van der Waals surface area contributed by atoms with Gasteiger partial charge in [-0.3, -0.25) is 4.79 Å². The molecule has 0 radical (unpaired) electrons. The Morgan fingerprint density at radius 3 is 2.64 bits per heavy atom. The molecule has 3 rings (SSSR count). The van der Waals surface area contributed by atoms with Gasteiger partial charge in [0, 0.05) is 24.0 Å². The number of aryl methyl sites for hydroxylation is 1. The van der Waals surface area contributed by atoms with Crippen LogP contribution < -0.4 is 21.9 Å². The van der Waals surface area contributed by atoms with Crippen molar-refractivity contribution in [2.24, 2.45) is 5.73 Å². The molecule has 0 aliphatic rings. The first kappa shape index (κ1) is 19.7. The summed E-state index contributed by atoms with van der Waals surface area (Å²) in [5, 5.41) is 6.19. The summed E-state index contributed by atoms with van der Waals surface area (Å²) in [5.41, 5.74) is 8.31. The van der Waals surface area contributed by atoms with Crippen molar-refractivity contribution in [1.82, 2.24) is 15.3 Å². The Kier molecular flexibility index (Phi) is 6.52. The van der Waals surface area contributed by atoms with E-state index in [2.05, 4.69) is 20.6 Å². The smallest absolute Gasteiger partial charge is 0.282 e. The SMILES string of the molecule is Cc1ccc(Nc2nc(=O)c(-c3ccc(CNCCCN)c(F)c3)c[nH]2)cc1. The van der Waals surface area contributed by atoms with Gasteiger partial charge in [0.2, 0.25) is 5.95 Å². The number of halogens is 1. The molecule has 28 heavy (non-hydrogen) atoms. The second kappa shape index (κ2) is 9.25. The molecule has 0 saturated carbocycles. The van der Waals surface area contributed by atoms with Crippen molar-refractivity contribution >= 4 is 11.6 Å². The molecule has 6 nitrogen and oxygen atoms in total. The van der Waals surface area contributed by atoms with Gasteiger partial charge in [-0.1, -0.05) is 29.8 Å². The third-order valence-electron chi connectivity index (χ3n) is 4.35. The molecule has 0 spiro atoms. The van der Waals surface area contributed by atoms with Crippen molar-refractivity contribution in [1.29, 1.82) is 0 Å². The molecule has 0 saturated heterocycles. The molecule has 7 heteroatoms. The summed E-state index contributed by atoms with van der Waals surface area (Å²) in [5.74, 6) is -0.0298. The molecule has 1 aromatic heterocycles. The first-order chi connectivity index (χ1) is 13.6. The molecule has 0 bridgehead atoms. The van der Waals surface area contributed by atoms with Gasteiger partial charge in [0.15, 0.2) is 0 Å². The van der Waals surface area contributed by atoms with E-state index in [9.17, 15) is 9.18 Å². The average molecular weight is 381 g/mol. The summed E-state index contributed by atoms with van der Waals surface area (Å²) in [7, 11) is 0. The van der Waals surface area contributed by atoms with Gasteiger partial charge >= 0.3 is 0 Å². The van der Waals surface area contributed by atoms with E-state index < -0.39 is 5.56 Å². The van der Waals surface area contributed by atoms with Gasteiger partial charge in [-0.05, 0) is 50.2 Å². The lowest BCUT2D eigenvalue weighted by molar-refractivity contribution is 0.583. The minimum absolute atomic E-state index is 0.316. The molecule has 0 aliphatic carbocycles. The first-order valence-corrected chi connectivity index (χ1v) is 9.20. The minimum atomic E-state index is -0.429. The Labute approximate surface area is 163 Å². The molecular formula is C21H24FN5O. The van der Waals surface area contributed by atoms with Crippen LogP contribution in [0.1, 0.15) is 17.5 Å². The van der Waals surface area contributed by atoms with Gasteiger partial charge < -0.3 is 21.4 Å². The van der Waals surface area contributed by atoms with Crippen molar-refractivity contribution in [3.63, 3.8) is 0 Å². The van der Waals surface area contributed by atoms with Crippen molar-refractivity contribution in [3.05, 3.63) is 76.0 Å². The van der Waals surface area contributed by atoms with E-state index in [0.717, 1.165) is 24.2 Å². The van der Waals surface area contributed by atoms with Crippen LogP contribution in [0.4, 0.5) is 16.0 Å². The third-order valence-corrected chi connectivity index (χ3v) is 4.35. The molecule has 0 fully saturated rings. The van der Waals surface area contributed by atoms with Crippen LogP contribution in [0, 0.1) is 12.7 Å². The zero-order valence-corrected chi connectivity index (χ0v) is 15.8. The Bertz CT molecular complexity index is 985. The number of nitrogens with zero attached hydrogens (tertiary/aromatic N) is 1. The van der Waals surface area contributed by atoms with E-state index in [0.29, 0.717) is 35.7 Å². The summed E-state index contributed by atoms with van der Waals surface area (Å²) in [6, 6.07) is 12.5. The highest BCUT2D eigenvalue weighted by Gasteiger charge is 2.10. The highest BCUT2D eigenvalue weighted by Crippen LogP contribution is 2.20. The topological polar surface area (TPSA) is 95.8 Å². The van der Waals surface area contributed by atoms with Crippen molar-refractivity contribution in [3.8, 4) is 11.1 Å². The summed E-state index contributed by atoms with van der Waals surface area (Å²) in [6.45, 7) is 3.75. The van der Waals surface area contributed by atoms with Crippen molar-refractivity contribution in [2.45, 2.75) is 19.9 Å². The quantitative estimate of drug-likeness (QED) is 0.450. The van der Waals surface area contributed by atoms with Crippen LogP contribution in [0.15, 0.2) is 53.5 Å². The van der Waals surface area contributed by atoms with Crippen LogP contribution in [-0.4, -0.2) is 23.1 Å². The summed E-state index contributed by atoms with van der Waals surface area (Å²) in [6.07, 6.45) is 2.38. The van der Waals surface area contributed by atoms with Crippen LogP contribution in [0.2, 0.25) is 0 Å². The number of nitrogens with one attached hydrogen (secondary N) is 3. The lowest BCUT2D eigenvalue weighted by Gasteiger charge is -2.09. The van der Waals surface area contributed by atoms with E-state index in [4.69, 9.17) is 5.73 Å². The van der Waals surface area contributed by atoms with Crippen LogP contribution >= 0.6 is 0 Å². The summed E-state index contributed by atoms with van der Waals surface area (Å²) >= 11 is 0. The first-order valence-electron chi connectivity index (χ1n) is 9.20. The number of aromatic amines is 1. The van der Waals surface area contributed by atoms with Gasteiger partial charge in [-0.2, -0.15) is 4.98 Å². The standard InChI is InChI=1S/C21H24FN5O/c1-14-3-7-17(8-4-14)26-21-25-13-18(20(28)27-21)15-5-6-16(19(22)11-15)12-24-10-2-9-23/h3-8,11,13,24H,2,9-10,12,23H2,1H3,(H2,25,26,27,28). The molecule has 5 N–H and O–H groups in total. The molecule has 2 aromatic carbocycles. The van der Waals surface area contributed by atoms with Crippen LogP contribution in [0.5, 0.6) is 0 Å². The second-order valence-electron chi connectivity index (χ2n) is 6.58. The summed E-state index contributed by atoms with van der Waals surface area (Å²) in [4.78, 5) is 19.4. The number of nitrogens with two attached hydrogens (primary N) is 1. The van der Waals surface area contributed by atoms with E-state index in [1.54, 1.807) is 18.3 Å². The lowest BCUT2D eigenvalue weighted by atomic mass is 10.1. The Hall–Kier alpha value is -3.03. The Balaban J connectivity index is 1.73. The van der Waals surface area contributed by atoms with Crippen molar-refractivity contribution in [2.75, 3.05) is 18.4 Å². The maximum atomic E-state index is 14.4. The number of H-pyrrole nitrogens is 1. The molecule has 146 valence electrons. The van der Waals surface area contributed by atoms with E-state index in [1.165, 1.54) is 6.07 Å². The number of hydrogen-bond donors (Lipinski definition) is 4.